The first-order valence-corrected chi connectivity index (χ1v) is 10.9. The average molecular weight is 473 g/mol. The van der Waals surface area contributed by atoms with E-state index in [9.17, 15) is 15.0 Å². The van der Waals surface area contributed by atoms with E-state index in [0.29, 0.717) is 22.6 Å². The Balaban J connectivity index is 1.47. The molecule has 1 unspecified atom stereocenters. The molecule has 2 aromatic carbocycles. The summed E-state index contributed by atoms with van der Waals surface area (Å²) < 4.78 is 7.02. The van der Waals surface area contributed by atoms with Crippen LogP contribution in [0.5, 0.6) is 11.5 Å². The third-order valence-corrected chi connectivity index (χ3v) is 5.84. The monoisotopic (exact) mass is 472 g/mol. The lowest BCUT2D eigenvalue weighted by atomic mass is 10.1. The van der Waals surface area contributed by atoms with Crippen molar-refractivity contribution in [2.75, 3.05) is 19.0 Å². The fourth-order valence-electron chi connectivity index (χ4n) is 4.04. The molecule has 0 aliphatic heterocycles. The predicted molar refractivity (Wildman–Crippen MR) is 132 cm³/mol. The van der Waals surface area contributed by atoms with E-state index in [1.807, 2.05) is 29.8 Å². The molecule has 10 nitrogen and oxygen atoms in total. The molecule has 0 amide bonds. The minimum Gasteiger partial charge on any atom is -0.504 e. The van der Waals surface area contributed by atoms with Crippen LogP contribution in [0.1, 0.15) is 17.2 Å². The standard InChI is InChI=1S/C25H24N6O4/c1-14-9-16(31-8-7-26-13-31)11-18-23(14)30-24(29-18)22-17(5-6-27-25(22)34)28-12-20(33)15-3-4-19(32)21(10-15)35-2/h3-11,13,20,32-33H,12H2,1-2H3,(H,29,30)(H2,27,28,34). The molecule has 5 N–H and O–H groups in total. The molecule has 3 aromatic heterocycles. The summed E-state index contributed by atoms with van der Waals surface area (Å²) in [6, 6.07) is 10.3. The van der Waals surface area contributed by atoms with Gasteiger partial charge in [0.1, 0.15) is 11.4 Å². The molecule has 0 saturated carbocycles. The number of rotatable bonds is 7. The number of aryl methyl sites for hydroxylation is 1. The van der Waals surface area contributed by atoms with Crippen LogP contribution in [0, 0.1) is 6.92 Å². The van der Waals surface area contributed by atoms with Crippen LogP contribution in [0.25, 0.3) is 28.1 Å². The van der Waals surface area contributed by atoms with E-state index in [4.69, 9.17) is 9.72 Å². The van der Waals surface area contributed by atoms with Gasteiger partial charge in [-0.3, -0.25) is 4.79 Å². The summed E-state index contributed by atoms with van der Waals surface area (Å²) in [7, 11) is 1.44. The van der Waals surface area contributed by atoms with Gasteiger partial charge in [-0.15, -0.1) is 0 Å². The van der Waals surface area contributed by atoms with Crippen molar-refractivity contribution in [1.82, 2.24) is 24.5 Å². The summed E-state index contributed by atoms with van der Waals surface area (Å²) in [6.45, 7) is 2.08. The molecule has 0 radical (unpaired) electrons. The van der Waals surface area contributed by atoms with Crippen LogP contribution >= 0.6 is 0 Å². The third-order valence-electron chi connectivity index (χ3n) is 5.84. The molecular weight excluding hydrogens is 448 g/mol. The molecule has 1 atom stereocenters. The van der Waals surface area contributed by atoms with E-state index in [1.54, 1.807) is 30.7 Å². The number of aromatic nitrogens is 5. The normalized spacial score (nSPS) is 12.1. The second-order valence-corrected chi connectivity index (χ2v) is 8.14. The number of methoxy groups -OCH3 is 1. The SMILES string of the molecule is COc1cc(C(O)CNc2cc[nH]c(=O)c2-c2nc3c(C)cc(-n4ccnc4)cc3[nH]2)ccc1O. The molecule has 0 saturated heterocycles. The van der Waals surface area contributed by atoms with Crippen LogP contribution in [0.2, 0.25) is 0 Å². The first-order chi connectivity index (χ1) is 16.9. The maximum atomic E-state index is 12.8. The van der Waals surface area contributed by atoms with E-state index in [2.05, 4.69) is 20.3 Å². The van der Waals surface area contributed by atoms with Gasteiger partial charge in [0.05, 0.1) is 36.3 Å². The van der Waals surface area contributed by atoms with Crippen molar-refractivity contribution in [2.24, 2.45) is 0 Å². The summed E-state index contributed by atoms with van der Waals surface area (Å²) >= 11 is 0. The number of anilines is 1. The Bertz CT molecular complexity index is 1550. The zero-order chi connectivity index (χ0) is 24.5. The van der Waals surface area contributed by atoms with Gasteiger partial charge < -0.3 is 34.8 Å². The number of aliphatic hydroxyl groups excluding tert-OH is 1. The van der Waals surface area contributed by atoms with Crippen molar-refractivity contribution in [3.05, 3.63) is 82.8 Å². The van der Waals surface area contributed by atoms with E-state index >= 15 is 0 Å². The first-order valence-electron chi connectivity index (χ1n) is 10.9. The lowest BCUT2D eigenvalue weighted by Crippen LogP contribution is -2.17. The zero-order valence-corrected chi connectivity index (χ0v) is 19.1. The summed E-state index contributed by atoms with van der Waals surface area (Å²) in [4.78, 5) is 27.6. The Labute approximate surface area is 199 Å². The molecule has 0 bridgehead atoms. The van der Waals surface area contributed by atoms with Crippen molar-refractivity contribution >= 4 is 16.7 Å². The number of ether oxygens (including phenoxy) is 1. The molecule has 35 heavy (non-hydrogen) atoms. The molecule has 0 spiro atoms. The van der Waals surface area contributed by atoms with Crippen molar-refractivity contribution < 1.29 is 14.9 Å². The highest BCUT2D eigenvalue weighted by Gasteiger charge is 2.18. The number of aromatic amines is 2. The number of phenols is 1. The lowest BCUT2D eigenvalue weighted by molar-refractivity contribution is 0.191. The molecule has 0 fully saturated rings. The molecule has 3 heterocycles. The van der Waals surface area contributed by atoms with Gasteiger partial charge in [-0.25, -0.2) is 9.97 Å². The quantitative estimate of drug-likeness (QED) is 0.245. The number of benzene rings is 2. The Hall–Kier alpha value is -4.57. The van der Waals surface area contributed by atoms with Gasteiger partial charge in [0.2, 0.25) is 0 Å². The van der Waals surface area contributed by atoms with Gasteiger partial charge in [0, 0.05) is 30.8 Å². The number of imidazole rings is 2. The van der Waals surface area contributed by atoms with Gasteiger partial charge in [0.25, 0.3) is 5.56 Å². The number of pyridine rings is 1. The number of aromatic hydroxyl groups is 1. The number of hydrogen-bond donors (Lipinski definition) is 5. The third kappa shape index (κ3) is 4.22. The van der Waals surface area contributed by atoms with Gasteiger partial charge in [0.15, 0.2) is 11.5 Å². The van der Waals surface area contributed by atoms with Gasteiger partial charge in [-0.2, -0.15) is 0 Å². The Morgan fingerprint density at radius 3 is 2.86 bits per heavy atom. The summed E-state index contributed by atoms with van der Waals surface area (Å²) in [6.07, 6.45) is 5.91. The maximum Gasteiger partial charge on any atom is 0.261 e. The first kappa shape index (κ1) is 22.2. The topological polar surface area (TPSA) is 141 Å². The van der Waals surface area contributed by atoms with Crippen molar-refractivity contribution in [3.8, 4) is 28.6 Å². The number of nitrogens with one attached hydrogen (secondary N) is 3. The second kappa shape index (κ2) is 8.99. The van der Waals surface area contributed by atoms with E-state index in [-0.39, 0.29) is 23.6 Å². The van der Waals surface area contributed by atoms with Crippen molar-refractivity contribution in [3.63, 3.8) is 0 Å². The lowest BCUT2D eigenvalue weighted by Gasteiger charge is -2.16. The highest BCUT2D eigenvalue weighted by molar-refractivity contribution is 5.86. The second-order valence-electron chi connectivity index (χ2n) is 8.14. The van der Waals surface area contributed by atoms with Crippen LogP contribution in [0.15, 0.2) is 66.1 Å². The van der Waals surface area contributed by atoms with Gasteiger partial charge in [-0.05, 0) is 48.4 Å². The van der Waals surface area contributed by atoms with E-state index < -0.39 is 6.10 Å². The molecule has 0 aliphatic rings. The fraction of sp³-hybridized carbons (Fsp3) is 0.160. The summed E-state index contributed by atoms with van der Waals surface area (Å²) in [5.41, 5.74) is 4.52. The fourth-order valence-corrected chi connectivity index (χ4v) is 4.04. The molecule has 5 rings (SSSR count). The number of fused-ring (bicyclic) bond motifs is 1. The molecular formula is C25H24N6O4. The smallest absolute Gasteiger partial charge is 0.261 e. The number of H-pyrrole nitrogens is 2. The summed E-state index contributed by atoms with van der Waals surface area (Å²) in [5.74, 6) is 0.673. The van der Waals surface area contributed by atoms with Crippen LogP contribution < -0.4 is 15.6 Å². The van der Waals surface area contributed by atoms with Crippen LogP contribution in [-0.2, 0) is 0 Å². The van der Waals surface area contributed by atoms with Crippen molar-refractivity contribution in [2.45, 2.75) is 13.0 Å². The van der Waals surface area contributed by atoms with Crippen LogP contribution in [0.3, 0.4) is 0 Å². The molecule has 0 aliphatic carbocycles. The number of hydrogen-bond acceptors (Lipinski definition) is 7. The number of aliphatic hydroxyl groups is 1. The maximum absolute atomic E-state index is 12.8. The van der Waals surface area contributed by atoms with Gasteiger partial charge >= 0.3 is 0 Å². The van der Waals surface area contributed by atoms with E-state index in [1.165, 1.54) is 19.4 Å². The molecule has 10 heteroatoms. The minimum absolute atomic E-state index is 0.00957. The highest BCUT2D eigenvalue weighted by atomic mass is 16.5. The molecule has 5 aromatic rings. The largest absolute Gasteiger partial charge is 0.504 e. The number of nitrogens with zero attached hydrogens (tertiary/aromatic N) is 3. The van der Waals surface area contributed by atoms with E-state index in [0.717, 1.165) is 22.3 Å². The van der Waals surface area contributed by atoms with Crippen molar-refractivity contribution in [1.29, 1.82) is 0 Å². The van der Waals surface area contributed by atoms with Crippen LogP contribution in [-0.4, -0.2) is 48.4 Å². The minimum atomic E-state index is -0.910. The Morgan fingerprint density at radius 1 is 1.23 bits per heavy atom. The van der Waals surface area contributed by atoms with Crippen LogP contribution in [0.4, 0.5) is 5.69 Å². The highest BCUT2D eigenvalue weighted by Crippen LogP contribution is 2.30. The summed E-state index contributed by atoms with van der Waals surface area (Å²) in [5, 5.41) is 23.6. The van der Waals surface area contributed by atoms with Gasteiger partial charge in [-0.1, -0.05) is 6.07 Å². The predicted octanol–water partition coefficient (Wildman–Crippen LogP) is 3.27. The zero-order valence-electron chi connectivity index (χ0n) is 19.1. The Morgan fingerprint density at radius 2 is 2.09 bits per heavy atom. The Kier molecular flexibility index (Phi) is 5.71. The molecule has 178 valence electrons. The average Bonchev–Trinajstić information content (AvgIpc) is 3.53. The number of phenolic OH excluding ortho intramolecular Hbond substituents is 1.